The molecule has 2 atom stereocenters. The van der Waals surface area contributed by atoms with E-state index < -0.39 is 27.8 Å². The maximum Gasteiger partial charge on any atom is 0.264 e. The topological polar surface area (TPSA) is 104 Å². The molecule has 0 bridgehead atoms. The summed E-state index contributed by atoms with van der Waals surface area (Å²) in [4.78, 5) is 0. The molecule has 2 aromatic rings. The molecule has 1 aromatic carbocycles. The number of nitrogens with zero attached hydrogens (tertiary/aromatic N) is 3. The van der Waals surface area contributed by atoms with Crippen LogP contribution in [0.5, 0.6) is 0 Å². The average Bonchev–Trinajstić information content (AvgIpc) is 3.15. The van der Waals surface area contributed by atoms with Crippen LogP contribution in [-0.2, 0) is 31.9 Å². The van der Waals surface area contributed by atoms with Gasteiger partial charge in [-0.25, -0.2) is 0 Å². The van der Waals surface area contributed by atoms with Crippen LogP contribution in [0.2, 0.25) is 10.0 Å². The Bertz CT molecular complexity index is 846. The van der Waals surface area contributed by atoms with Crippen molar-refractivity contribution in [3.05, 3.63) is 46.5 Å². The summed E-state index contributed by atoms with van der Waals surface area (Å²) >= 11 is 12.3. The van der Waals surface area contributed by atoms with Crippen LogP contribution in [0.25, 0.3) is 0 Å². The Hall–Kier alpha value is -1.23. The molecule has 1 saturated heterocycles. The van der Waals surface area contributed by atoms with Gasteiger partial charge in [0.2, 0.25) is 5.79 Å². The number of hydrogen-bond acceptors (Lipinski definition) is 6. The number of hydrogen-bond donors (Lipinski definition) is 1. The molecule has 1 aromatic heterocycles. The van der Waals surface area contributed by atoms with Crippen LogP contribution in [0.15, 0.2) is 30.9 Å². The van der Waals surface area contributed by atoms with Gasteiger partial charge in [0, 0.05) is 10.6 Å². The second-order valence-corrected chi connectivity index (χ2v) is 8.05. The number of ether oxygens (including phenoxy) is 2. The average molecular weight is 408 g/mol. The molecule has 0 aliphatic carbocycles. The smallest absolute Gasteiger partial charge is 0.264 e. The molecule has 2 heterocycles. The zero-order chi connectivity index (χ0) is 18.1. The lowest BCUT2D eigenvalue weighted by Gasteiger charge is -2.29. The van der Waals surface area contributed by atoms with Crippen LogP contribution < -0.4 is 0 Å². The summed E-state index contributed by atoms with van der Waals surface area (Å²) in [5.74, 6) is -1.66. The van der Waals surface area contributed by atoms with E-state index in [2.05, 4.69) is 10.2 Å². The van der Waals surface area contributed by atoms with E-state index in [9.17, 15) is 8.42 Å². The highest BCUT2D eigenvalue weighted by atomic mass is 35.5. The molecule has 0 radical (unpaired) electrons. The highest BCUT2D eigenvalue weighted by Gasteiger charge is 2.45. The molecular weight excluding hydrogens is 393 g/mol. The Morgan fingerprint density at radius 2 is 2.04 bits per heavy atom. The van der Waals surface area contributed by atoms with Crippen LogP contribution in [0, 0.1) is 0 Å². The fourth-order valence-electron chi connectivity index (χ4n) is 2.64. The van der Waals surface area contributed by atoms with Gasteiger partial charge < -0.3 is 14.0 Å². The van der Waals surface area contributed by atoms with Crippen LogP contribution >= 0.6 is 23.2 Å². The van der Waals surface area contributed by atoms with Crippen molar-refractivity contribution in [1.29, 1.82) is 0 Å². The standard InChI is InChI=1S/C14H15Cl2N3O5S/c15-10-1-2-12(13(16)5-10)14(7-19-8-17-18-9-19)23-6-11(24-14)3-4-25(20,21)22/h1-2,5,8-9,11H,3-4,6-7H2,(H,20,21,22)/t11-,14-/m1/s1. The SMILES string of the molecule is O=S(=O)(O)CC[C@@H]1CO[C@@](Cn2cnnc2)(c2ccc(Cl)cc2Cl)O1. The largest absolute Gasteiger partial charge is 0.342 e. The Morgan fingerprint density at radius 1 is 1.32 bits per heavy atom. The molecule has 0 saturated carbocycles. The van der Waals surface area contributed by atoms with Gasteiger partial charge in [-0.3, -0.25) is 4.55 Å². The number of rotatable bonds is 6. The molecule has 1 aliphatic heterocycles. The summed E-state index contributed by atoms with van der Waals surface area (Å²) in [5, 5.41) is 8.32. The quantitative estimate of drug-likeness (QED) is 0.731. The first kappa shape index (κ1) is 18.6. The third kappa shape index (κ3) is 4.49. The minimum Gasteiger partial charge on any atom is -0.342 e. The highest BCUT2D eigenvalue weighted by Crippen LogP contribution is 2.41. The van der Waals surface area contributed by atoms with E-state index in [-0.39, 0.29) is 19.6 Å². The zero-order valence-corrected chi connectivity index (χ0v) is 15.2. The van der Waals surface area contributed by atoms with Gasteiger partial charge in [-0.2, -0.15) is 8.42 Å². The molecule has 8 nitrogen and oxygen atoms in total. The van der Waals surface area contributed by atoms with Gasteiger partial charge in [-0.05, 0) is 18.6 Å². The van der Waals surface area contributed by atoms with Gasteiger partial charge >= 0.3 is 0 Å². The van der Waals surface area contributed by atoms with Crippen molar-refractivity contribution >= 4 is 33.3 Å². The molecule has 0 amide bonds. The van der Waals surface area contributed by atoms with E-state index in [1.165, 1.54) is 12.7 Å². The van der Waals surface area contributed by atoms with E-state index >= 15 is 0 Å². The first-order valence-corrected chi connectivity index (χ1v) is 9.69. The molecule has 3 rings (SSSR count). The van der Waals surface area contributed by atoms with Crippen molar-refractivity contribution in [2.45, 2.75) is 24.9 Å². The van der Waals surface area contributed by atoms with E-state index in [4.69, 9.17) is 37.2 Å². The Kier molecular flexibility index (Phi) is 5.33. The molecule has 11 heteroatoms. The molecule has 136 valence electrons. The third-order valence-corrected chi connectivity index (χ3v) is 5.06. The third-order valence-electron chi connectivity index (χ3n) is 3.76. The molecule has 1 fully saturated rings. The van der Waals surface area contributed by atoms with Crippen molar-refractivity contribution in [3.63, 3.8) is 0 Å². The van der Waals surface area contributed by atoms with Gasteiger partial charge in [0.15, 0.2) is 0 Å². The summed E-state index contributed by atoms with van der Waals surface area (Å²) in [6.45, 7) is 0.361. The summed E-state index contributed by atoms with van der Waals surface area (Å²) in [7, 11) is -4.08. The minimum absolute atomic E-state index is 0.0912. The summed E-state index contributed by atoms with van der Waals surface area (Å²) < 4.78 is 44.4. The molecule has 0 unspecified atom stereocenters. The zero-order valence-electron chi connectivity index (χ0n) is 12.9. The second kappa shape index (κ2) is 7.18. The second-order valence-electron chi connectivity index (χ2n) is 5.64. The fourth-order valence-corrected chi connectivity index (χ4v) is 3.75. The van der Waals surface area contributed by atoms with Gasteiger partial charge in [0.05, 0.1) is 30.0 Å². The Labute approximate surface area is 154 Å². The van der Waals surface area contributed by atoms with Crippen molar-refractivity contribution < 1.29 is 22.4 Å². The van der Waals surface area contributed by atoms with Crippen molar-refractivity contribution in [2.24, 2.45) is 0 Å². The van der Waals surface area contributed by atoms with Crippen molar-refractivity contribution in [3.8, 4) is 0 Å². The van der Waals surface area contributed by atoms with Gasteiger partial charge in [-0.15, -0.1) is 10.2 Å². The van der Waals surface area contributed by atoms with Crippen molar-refractivity contribution in [1.82, 2.24) is 14.8 Å². The maximum atomic E-state index is 11.0. The van der Waals surface area contributed by atoms with Gasteiger partial charge in [0.1, 0.15) is 12.7 Å². The number of aromatic nitrogens is 3. The van der Waals surface area contributed by atoms with E-state index in [0.29, 0.717) is 15.6 Å². The number of benzene rings is 1. The fraction of sp³-hybridized carbons (Fsp3) is 0.429. The van der Waals surface area contributed by atoms with E-state index in [1.807, 2.05) is 0 Å². The highest BCUT2D eigenvalue weighted by molar-refractivity contribution is 7.85. The summed E-state index contributed by atoms with van der Waals surface area (Å²) in [5.41, 5.74) is 0.557. The summed E-state index contributed by atoms with van der Waals surface area (Å²) in [6, 6.07) is 4.93. The Morgan fingerprint density at radius 3 is 2.68 bits per heavy atom. The van der Waals surface area contributed by atoms with Crippen LogP contribution in [0.4, 0.5) is 0 Å². The maximum absolute atomic E-state index is 11.0. The lowest BCUT2D eigenvalue weighted by atomic mass is 10.1. The van der Waals surface area contributed by atoms with E-state index in [1.54, 1.807) is 22.8 Å². The predicted octanol–water partition coefficient (Wildman–Crippen LogP) is 2.13. The van der Waals surface area contributed by atoms with Gasteiger partial charge in [-0.1, -0.05) is 29.3 Å². The summed E-state index contributed by atoms with van der Waals surface area (Å²) in [6.07, 6.45) is 2.58. The monoisotopic (exact) mass is 407 g/mol. The first-order valence-electron chi connectivity index (χ1n) is 7.32. The minimum atomic E-state index is -4.08. The molecule has 1 aliphatic rings. The molecule has 1 N–H and O–H groups in total. The molecule has 0 spiro atoms. The lowest BCUT2D eigenvalue weighted by Crippen LogP contribution is -2.34. The first-order chi connectivity index (χ1) is 11.8. The van der Waals surface area contributed by atoms with Gasteiger partial charge in [0.25, 0.3) is 10.1 Å². The molecular formula is C14H15Cl2N3O5S. The van der Waals surface area contributed by atoms with Crippen LogP contribution in [-0.4, -0.2) is 46.2 Å². The number of halogens is 2. The van der Waals surface area contributed by atoms with E-state index in [0.717, 1.165) is 0 Å². The lowest BCUT2D eigenvalue weighted by molar-refractivity contribution is -0.187. The predicted molar refractivity (Wildman–Crippen MR) is 90.0 cm³/mol. The molecule has 25 heavy (non-hydrogen) atoms. The van der Waals surface area contributed by atoms with Crippen LogP contribution in [0.3, 0.4) is 0 Å². The van der Waals surface area contributed by atoms with Crippen LogP contribution in [0.1, 0.15) is 12.0 Å². The van der Waals surface area contributed by atoms with Crippen molar-refractivity contribution in [2.75, 3.05) is 12.4 Å². The normalized spacial score (nSPS) is 23.9. The Balaban J connectivity index is 1.88.